The molecule has 0 radical (unpaired) electrons. The molecule has 1 aliphatic rings. The summed E-state index contributed by atoms with van der Waals surface area (Å²) in [6.45, 7) is 6.08. The van der Waals surface area contributed by atoms with Gasteiger partial charge >= 0.3 is 0 Å². The zero-order valence-electron chi connectivity index (χ0n) is 14.9. The molecule has 1 aliphatic carbocycles. The van der Waals surface area contributed by atoms with Crippen LogP contribution in [0.5, 0.6) is 0 Å². The number of hydrogen-bond donors (Lipinski definition) is 1. The predicted molar refractivity (Wildman–Crippen MR) is 93.8 cm³/mol. The Morgan fingerprint density at radius 1 is 1.31 bits per heavy atom. The molecule has 0 spiro atoms. The second-order valence-electron chi connectivity index (χ2n) is 7.49. The topological polar surface area (TPSA) is 98.7 Å². The highest BCUT2D eigenvalue weighted by atomic mass is 16.5. The Balaban J connectivity index is 1.59. The van der Waals surface area contributed by atoms with Gasteiger partial charge in [-0.15, -0.1) is 0 Å². The van der Waals surface area contributed by atoms with E-state index >= 15 is 0 Å². The van der Waals surface area contributed by atoms with Gasteiger partial charge in [-0.2, -0.15) is 4.98 Å². The Kier molecular flexibility index (Phi) is 3.82. The van der Waals surface area contributed by atoms with Crippen LogP contribution in [0.4, 0.5) is 0 Å². The number of rotatable bonds is 4. The zero-order chi connectivity index (χ0) is 18.3. The standard InChI is InChI=1S/C18H20N6O2/c1-18(2,3)17-22-16(26-23-17)11-6-7-19-14(8-11)24-9-13(20-10-24)15(25)21-12-4-5-12/h6-10,12H,4-5H2,1-3H3,(H,21,25). The number of nitrogens with one attached hydrogen (secondary N) is 1. The monoisotopic (exact) mass is 352 g/mol. The molecule has 0 aromatic carbocycles. The summed E-state index contributed by atoms with van der Waals surface area (Å²) in [5.74, 6) is 1.54. The largest absolute Gasteiger partial charge is 0.348 e. The first-order valence-corrected chi connectivity index (χ1v) is 8.56. The predicted octanol–water partition coefficient (Wildman–Crippen LogP) is 2.51. The molecule has 134 valence electrons. The van der Waals surface area contributed by atoms with Gasteiger partial charge in [0.25, 0.3) is 11.8 Å². The van der Waals surface area contributed by atoms with Gasteiger partial charge in [0, 0.05) is 29.4 Å². The summed E-state index contributed by atoms with van der Waals surface area (Å²) in [7, 11) is 0. The van der Waals surface area contributed by atoms with E-state index in [0.717, 1.165) is 18.4 Å². The quantitative estimate of drug-likeness (QED) is 0.774. The van der Waals surface area contributed by atoms with Crippen molar-refractivity contribution in [2.75, 3.05) is 0 Å². The Morgan fingerprint density at radius 2 is 2.12 bits per heavy atom. The maximum absolute atomic E-state index is 12.1. The van der Waals surface area contributed by atoms with Crippen LogP contribution in [0.3, 0.4) is 0 Å². The average Bonchev–Trinajstić information content (AvgIpc) is 3.11. The van der Waals surface area contributed by atoms with Crippen LogP contribution in [0, 0.1) is 0 Å². The van der Waals surface area contributed by atoms with Gasteiger partial charge in [0.15, 0.2) is 5.82 Å². The minimum Gasteiger partial charge on any atom is -0.348 e. The fraction of sp³-hybridized carbons (Fsp3) is 0.389. The molecule has 3 aromatic rings. The van der Waals surface area contributed by atoms with Gasteiger partial charge in [0.1, 0.15) is 17.8 Å². The third-order valence-electron chi connectivity index (χ3n) is 4.08. The maximum atomic E-state index is 12.1. The first-order chi connectivity index (χ1) is 12.4. The van der Waals surface area contributed by atoms with Gasteiger partial charge in [0.05, 0.1) is 0 Å². The fourth-order valence-corrected chi connectivity index (χ4v) is 2.39. The molecule has 0 aliphatic heterocycles. The van der Waals surface area contributed by atoms with Gasteiger partial charge in [-0.25, -0.2) is 9.97 Å². The van der Waals surface area contributed by atoms with Crippen LogP contribution in [0.25, 0.3) is 17.3 Å². The van der Waals surface area contributed by atoms with Crippen LogP contribution >= 0.6 is 0 Å². The van der Waals surface area contributed by atoms with Gasteiger partial charge in [-0.3, -0.25) is 9.36 Å². The molecule has 8 heteroatoms. The van der Waals surface area contributed by atoms with Crippen molar-refractivity contribution < 1.29 is 9.32 Å². The SMILES string of the molecule is CC(C)(C)c1noc(-c2ccnc(-n3cnc(C(=O)NC4CC4)c3)c2)n1. The molecule has 0 bridgehead atoms. The van der Waals surface area contributed by atoms with Crippen LogP contribution < -0.4 is 5.32 Å². The van der Waals surface area contributed by atoms with E-state index in [4.69, 9.17) is 4.52 Å². The third kappa shape index (κ3) is 3.35. The van der Waals surface area contributed by atoms with E-state index in [1.165, 1.54) is 0 Å². The number of aromatic nitrogens is 5. The highest BCUT2D eigenvalue weighted by Gasteiger charge is 2.25. The van der Waals surface area contributed by atoms with Crippen molar-refractivity contribution in [1.82, 2.24) is 30.0 Å². The Bertz CT molecular complexity index is 948. The summed E-state index contributed by atoms with van der Waals surface area (Å²) in [5, 5.41) is 6.97. The average molecular weight is 352 g/mol. The molecule has 0 unspecified atom stereocenters. The number of carbonyl (C=O) groups is 1. The Hall–Kier alpha value is -3.03. The van der Waals surface area contributed by atoms with Crippen molar-refractivity contribution in [3.05, 3.63) is 42.4 Å². The molecular formula is C18H20N6O2. The lowest BCUT2D eigenvalue weighted by atomic mass is 9.96. The van der Waals surface area contributed by atoms with E-state index in [0.29, 0.717) is 29.3 Å². The number of pyridine rings is 1. The van der Waals surface area contributed by atoms with Crippen molar-refractivity contribution >= 4 is 5.91 Å². The van der Waals surface area contributed by atoms with Gasteiger partial charge in [-0.05, 0) is 25.0 Å². The lowest BCUT2D eigenvalue weighted by Crippen LogP contribution is -2.25. The van der Waals surface area contributed by atoms with Crippen LogP contribution in [0.1, 0.15) is 49.9 Å². The summed E-state index contributed by atoms with van der Waals surface area (Å²) < 4.78 is 7.09. The van der Waals surface area contributed by atoms with Gasteiger partial charge in [0.2, 0.25) is 0 Å². The molecule has 0 atom stereocenters. The normalized spacial score (nSPS) is 14.4. The van der Waals surface area contributed by atoms with Crippen LogP contribution in [-0.4, -0.2) is 36.6 Å². The Labute approximate surface area is 150 Å². The molecule has 1 fully saturated rings. The lowest BCUT2D eigenvalue weighted by molar-refractivity contribution is 0.0946. The number of nitrogens with zero attached hydrogens (tertiary/aromatic N) is 5. The molecule has 1 saturated carbocycles. The number of hydrogen-bond acceptors (Lipinski definition) is 6. The van der Waals surface area contributed by atoms with E-state index in [-0.39, 0.29) is 11.3 Å². The van der Waals surface area contributed by atoms with E-state index in [9.17, 15) is 4.79 Å². The lowest BCUT2D eigenvalue weighted by Gasteiger charge is -2.10. The van der Waals surface area contributed by atoms with Crippen LogP contribution in [0.15, 0.2) is 35.4 Å². The third-order valence-corrected chi connectivity index (χ3v) is 4.08. The van der Waals surface area contributed by atoms with Crippen molar-refractivity contribution in [2.45, 2.75) is 45.1 Å². The second kappa shape index (κ2) is 6.05. The summed E-state index contributed by atoms with van der Waals surface area (Å²) in [5.41, 5.74) is 0.943. The number of imidazole rings is 1. The number of amides is 1. The Morgan fingerprint density at radius 3 is 2.81 bits per heavy atom. The van der Waals surface area contributed by atoms with Gasteiger partial charge < -0.3 is 9.84 Å². The van der Waals surface area contributed by atoms with Crippen molar-refractivity contribution in [1.29, 1.82) is 0 Å². The first kappa shape index (κ1) is 16.4. The molecule has 3 aromatic heterocycles. The molecule has 26 heavy (non-hydrogen) atoms. The van der Waals surface area contributed by atoms with Crippen LogP contribution in [0.2, 0.25) is 0 Å². The van der Waals surface area contributed by atoms with Crippen molar-refractivity contribution in [2.24, 2.45) is 0 Å². The summed E-state index contributed by atoms with van der Waals surface area (Å²) in [4.78, 5) is 25.1. The van der Waals surface area contributed by atoms with Crippen molar-refractivity contribution in [3.8, 4) is 17.3 Å². The van der Waals surface area contributed by atoms with E-state index in [2.05, 4.69) is 25.4 Å². The van der Waals surface area contributed by atoms with E-state index in [1.807, 2.05) is 26.8 Å². The van der Waals surface area contributed by atoms with Gasteiger partial charge in [-0.1, -0.05) is 25.9 Å². The van der Waals surface area contributed by atoms with Crippen LogP contribution in [-0.2, 0) is 5.41 Å². The summed E-state index contributed by atoms with van der Waals surface area (Å²) >= 11 is 0. The molecule has 4 rings (SSSR count). The van der Waals surface area contributed by atoms with Crippen molar-refractivity contribution in [3.63, 3.8) is 0 Å². The zero-order valence-corrected chi connectivity index (χ0v) is 14.9. The smallest absolute Gasteiger partial charge is 0.271 e. The van der Waals surface area contributed by atoms with E-state index < -0.39 is 0 Å². The molecule has 1 amide bonds. The highest BCUT2D eigenvalue weighted by molar-refractivity contribution is 5.92. The molecule has 3 heterocycles. The summed E-state index contributed by atoms with van der Waals surface area (Å²) in [6, 6.07) is 3.93. The summed E-state index contributed by atoms with van der Waals surface area (Å²) in [6.07, 6.45) is 6.98. The highest BCUT2D eigenvalue weighted by Crippen LogP contribution is 2.24. The molecule has 1 N–H and O–H groups in total. The first-order valence-electron chi connectivity index (χ1n) is 8.56. The number of carbonyl (C=O) groups excluding carboxylic acids is 1. The molecule has 0 saturated heterocycles. The minimum absolute atomic E-state index is 0.158. The second-order valence-corrected chi connectivity index (χ2v) is 7.49. The minimum atomic E-state index is -0.189. The molecular weight excluding hydrogens is 332 g/mol. The fourth-order valence-electron chi connectivity index (χ4n) is 2.39. The maximum Gasteiger partial charge on any atom is 0.271 e. The van der Waals surface area contributed by atoms with E-state index in [1.54, 1.807) is 29.4 Å². The molecule has 8 nitrogen and oxygen atoms in total.